The topological polar surface area (TPSA) is 38.3 Å². The zero-order valence-corrected chi connectivity index (χ0v) is 12.7. The monoisotopic (exact) mass is 355 g/mol. The summed E-state index contributed by atoms with van der Waals surface area (Å²) in [7, 11) is 1.49. The molecule has 0 aliphatic heterocycles. The van der Waals surface area contributed by atoms with E-state index in [4.69, 9.17) is 4.74 Å². The van der Waals surface area contributed by atoms with Gasteiger partial charge in [0, 0.05) is 16.6 Å². The largest absolute Gasteiger partial charge is 0.497 e. The molecule has 0 saturated carbocycles. The van der Waals surface area contributed by atoms with E-state index in [0.29, 0.717) is 15.8 Å². The molecule has 3 nitrogen and oxygen atoms in total. The molecular weight excluding hydrogens is 344 g/mol. The van der Waals surface area contributed by atoms with Crippen LogP contribution in [0, 0.1) is 11.6 Å². The molecule has 0 atom stereocenters. The second kappa shape index (κ2) is 6.67. The third-order valence-electron chi connectivity index (χ3n) is 2.87. The summed E-state index contributed by atoms with van der Waals surface area (Å²) < 4.78 is 32.2. The van der Waals surface area contributed by atoms with Crippen molar-refractivity contribution < 1.29 is 18.3 Å². The molecule has 0 radical (unpaired) electrons. The minimum Gasteiger partial charge on any atom is -0.497 e. The van der Waals surface area contributed by atoms with Gasteiger partial charge in [0.05, 0.1) is 12.7 Å². The second-order valence-corrected chi connectivity index (χ2v) is 5.12. The summed E-state index contributed by atoms with van der Waals surface area (Å²) in [4.78, 5) is 12.1. The quantitative estimate of drug-likeness (QED) is 0.908. The predicted molar refractivity (Wildman–Crippen MR) is 78.2 cm³/mol. The Morgan fingerprint density at radius 3 is 2.71 bits per heavy atom. The minimum atomic E-state index is -0.568. The summed E-state index contributed by atoms with van der Waals surface area (Å²) in [5, 5.41) is 2.54. The van der Waals surface area contributed by atoms with Crippen LogP contribution >= 0.6 is 15.9 Å². The van der Waals surface area contributed by atoms with Crippen LogP contribution in [0.25, 0.3) is 0 Å². The molecule has 0 unspecified atom stereocenters. The van der Waals surface area contributed by atoms with E-state index in [1.54, 1.807) is 18.2 Å². The zero-order chi connectivity index (χ0) is 15.4. The normalized spacial score (nSPS) is 10.3. The van der Waals surface area contributed by atoms with E-state index in [1.807, 2.05) is 0 Å². The highest BCUT2D eigenvalue weighted by Crippen LogP contribution is 2.22. The molecule has 0 aromatic heterocycles. The Morgan fingerprint density at radius 1 is 1.24 bits per heavy atom. The highest BCUT2D eigenvalue weighted by atomic mass is 79.9. The van der Waals surface area contributed by atoms with Crippen molar-refractivity contribution in [1.29, 1.82) is 0 Å². The second-order valence-electron chi connectivity index (χ2n) is 4.26. The minimum absolute atomic E-state index is 0.0855. The molecule has 0 fully saturated rings. The van der Waals surface area contributed by atoms with Crippen LogP contribution in [0.5, 0.6) is 5.75 Å². The number of methoxy groups -OCH3 is 1. The SMILES string of the molecule is COc1ccc(Br)c(C(=O)NCc2cc(F)ccc2F)c1. The van der Waals surface area contributed by atoms with Crippen molar-refractivity contribution in [1.82, 2.24) is 5.32 Å². The number of hydrogen-bond acceptors (Lipinski definition) is 2. The van der Waals surface area contributed by atoms with E-state index in [1.165, 1.54) is 7.11 Å². The van der Waals surface area contributed by atoms with Gasteiger partial charge in [0.15, 0.2) is 0 Å². The molecule has 21 heavy (non-hydrogen) atoms. The molecule has 1 amide bonds. The molecule has 0 aliphatic rings. The highest BCUT2D eigenvalue weighted by Gasteiger charge is 2.12. The van der Waals surface area contributed by atoms with Crippen LogP contribution < -0.4 is 10.1 Å². The number of benzene rings is 2. The van der Waals surface area contributed by atoms with Crippen molar-refractivity contribution in [3.63, 3.8) is 0 Å². The van der Waals surface area contributed by atoms with Crippen LogP contribution in [-0.2, 0) is 6.54 Å². The van der Waals surface area contributed by atoms with Gasteiger partial charge in [-0.15, -0.1) is 0 Å². The van der Waals surface area contributed by atoms with Gasteiger partial charge in [-0.05, 0) is 52.3 Å². The average molecular weight is 356 g/mol. The van der Waals surface area contributed by atoms with E-state index in [9.17, 15) is 13.6 Å². The number of hydrogen-bond donors (Lipinski definition) is 1. The Balaban J connectivity index is 2.13. The first-order valence-electron chi connectivity index (χ1n) is 6.07. The number of halogens is 3. The van der Waals surface area contributed by atoms with E-state index >= 15 is 0 Å². The first-order chi connectivity index (χ1) is 10.0. The maximum atomic E-state index is 13.5. The van der Waals surface area contributed by atoms with Gasteiger partial charge in [0.2, 0.25) is 0 Å². The Hall–Kier alpha value is -1.95. The summed E-state index contributed by atoms with van der Waals surface area (Å²) in [6.07, 6.45) is 0. The zero-order valence-electron chi connectivity index (χ0n) is 11.1. The predicted octanol–water partition coefficient (Wildman–Crippen LogP) is 3.67. The number of ether oxygens (including phenoxy) is 1. The van der Waals surface area contributed by atoms with Gasteiger partial charge in [0.25, 0.3) is 5.91 Å². The summed E-state index contributed by atoms with van der Waals surface area (Å²) in [5.74, 6) is -1.01. The van der Waals surface area contributed by atoms with Crippen LogP contribution in [0.4, 0.5) is 8.78 Å². The van der Waals surface area contributed by atoms with Crippen LogP contribution in [0.2, 0.25) is 0 Å². The first kappa shape index (κ1) is 15.4. The van der Waals surface area contributed by atoms with Crippen molar-refractivity contribution in [2.45, 2.75) is 6.54 Å². The van der Waals surface area contributed by atoms with Crippen molar-refractivity contribution >= 4 is 21.8 Å². The number of carbonyl (C=O) groups excluding carboxylic acids is 1. The molecule has 6 heteroatoms. The lowest BCUT2D eigenvalue weighted by Gasteiger charge is -2.09. The van der Waals surface area contributed by atoms with E-state index in [2.05, 4.69) is 21.2 Å². The number of amides is 1. The Labute approximate surface area is 129 Å². The number of rotatable bonds is 4. The van der Waals surface area contributed by atoms with Crippen LogP contribution in [0.15, 0.2) is 40.9 Å². The van der Waals surface area contributed by atoms with Gasteiger partial charge in [-0.1, -0.05) is 0 Å². The average Bonchev–Trinajstić information content (AvgIpc) is 2.48. The summed E-state index contributed by atoms with van der Waals surface area (Å²) >= 11 is 3.26. The van der Waals surface area contributed by atoms with Crippen LogP contribution in [-0.4, -0.2) is 13.0 Å². The number of carbonyl (C=O) groups is 1. The fourth-order valence-electron chi connectivity index (χ4n) is 1.75. The van der Waals surface area contributed by atoms with Crippen molar-refractivity contribution in [3.8, 4) is 5.75 Å². The summed E-state index contributed by atoms with van der Waals surface area (Å²) in [6, 6.07) is 8.04. The fourth-order valence-corrected chi connectivity index (χ4v) is 2.18. The molecular formula is C15H12BrF2NO2. The van der Waals surface area contributed by atoms with Gasteiger partial charge < -0.3 is 10.1 Å². The lowest BCUT2D eigenvalue weighted by molar-refractivity contribution is 0.0949. The summed E-state index contributed by atoms with van der Waals surface area (Å²) in [5.41, 5.74) is 0.438. The van der Waals surface area contributed by atoms with Crippen molar-refractivity contribution in [3.05, 3.63) is 63.6 Å². The molecule has 0 heterocycles. The third kappa shape index (κ3) is 3.78. The molecule has 2 aromatic carbocycles. The van der Waals surface area contributed by atoms with Gasteiger partial charge in [-0.2, -0.15) is 0 Å². The Kier molecular flexibility index (Phi) is 4.90. The van der Waals surface area contributed by atoms with Gasteiger partial charge >= 0.3 is 0 Å². The maximum Gasteiger partial charge on any atom is 0.252 e. The van der Waals surface area contributed by atoms with Crippen LogP contribution in [0.1, 0.15) is 15.9 Å². The lowest BCUT2D eigenvalue weighted by atomic mass is 10.1. The van der Waals surface area contributed by atoms with Crippen molar-refractivity contribution in [2.75, 3.05) is 7.11 Å². The van der Waals surface area contributed by atoms with Gasteiger partial charge in [-0.3, -0.25) is 4.79 Å². The molecule has 0 aliphatic carbocycles. The van der Waals surface area contributed by atoms with E-state index in [-0.39, 0.29) is 12.1 Å². The fraction of sp³-hybridized carbons (Fsp3) is 0.133. The summed E-state index contributed by atoms with van der Waals surface area (Å²) in [6.45, 7) is -0.105. The molecule has 2 rings (SSSR count). The van der Waals surface area contributed by atoms with E-state index in [0.717, 1.165) is 18.2 Å². The van der Waals surface area contributed by atoms with Crippen molar-refractivity contribution in [2.24, 2.45) is 0 Å². The molecule has 2 aromatic rings. The molecule has 1 N–H and O–H groups in total. The van der Waals surface area contributed by atoms with Crippen LogP contribution in [0.3, 0.4) is 0 Å². The molecule has 0 bridgehead atoms. The Bertz CT molecular complexity index is 677. The number of nitrogens with one attached hydrogen (secondary N) is 1. The third-order valence-corrected chi connectivity index (χ3v) is 3.56. The Morgan fingerprint density at radius 2 is 2.00 bits per heavy atom. The molecule has 0 spiro atoms. The standard InChI is InChI=1S/C15H12BrF2NO2/c1-21-11-3-4-13(16)12(7-11)15(20)19-8-9-6-10(17)2-5-14(9)18/h2-7H,8H2,1H3,(H,19,20). The lowest BCUT2D eigenvalue weighted by Crippen LogP contribution is -2.23. The highest BCUT2D eigenvalue weighted by molar-refractivity contribution is 9.10. The van der Waals surface area contributed by atoms with Gasteiger partial charge in [-0.25, -0.2) is 8.78 Å². The van der Waals surface area contributed by atoms with Gasteiger partial charge in [0.1, 0.15) is 17.4 Å². The molecule has 0 saturated heterocycles. The van der Waals surface area contributed by atoms with E-state index < -0.39 is 17.5 Å². The first-order valence-corrected chi connectivity index (χ1v) is 6.86. The smallest absolute Gasteiger partial charge is 0.252 e. The maximum absolute atomic E-state index is 13.5. The molecule has 110 valence electrons.